The first-order valence-electron chi connectivity index (χ1n) is 6.38. The average Bonchev–Trinajstić information content (AvgIpc) is 2.18. The van der Waals surface area contributed by atoms with Crippen LogP contribution in [-0.2, 0) is 4.74 Å². The van der Waals surface area contributed by atoms with E-state index in [1.54, 1.807) is 0 Å². The van der Waals surface area contributed by atoms with Crippen molar-refractivity contribution < 1.29 is 9.84 Å². The minimum absolute atomic E-state index is 0.237. The van der Waals surface area contributed by atoms with Gasteiger partial charge in [-0.3, -0.25) is 0 Å². The van der Waals surface area contributed by atoms with E-state index in [1.165, 1.54) is 22.3 Å². The number of benzene rings is 1. The second kappa shape index (κ2) is 5.19. The number of rotatable bonds is 4. The Morgan fingerprint density at radius 1 is 1.24 bits per heavy atom. The van der Waals surface area contributed by atoms with Crippen molar-refractivity contribution in [2.75, 3.05) is 19.8 Å². The lowest BCUT2D eigenvalue weighted by molar-refractivity contribution is -0.0405. The molecule has 2 heteroatoms. The molecule has 1 saturated heterocycles. The largest absolute Gasteiger partial charge is 0.396 e. The molecule has 2 nitrogen and oxygen atoms in total. The Labute approximate surface area is 104 Å². The van der Waals surface area contributed by atoms with Crippen molar-refractivity contribution in [3.63, 3.8) is 0 Å². The zero-order valence-electron chi connectivity index (χ0n) is 11.0. The van der Waals surface area contributed by atoms with Gasteiger partial charge in [0.2, 0.25) is 0 Å². The lowest BCUT2D eigenvalue weighted by Gasteiger charge is -2.30. The van der Waals surface area contributed by atoms with E-state index in [9.17, 15) is 5.11 Å². The minimum atomic E-state index is 0.237. The molecule has 1 atom stereocenters. The number of aliphatic hydroxyl groups excluding tert-OH is 1. The summed E-state index contributed by atoms with van der Waals surface area (Å²) in [5.41, 5.74) is 5.25. The van der Waals surface area contributed by atoms with Crippen LogP contribution in [0.25, 0.3) is 0 Å². The molecule has 0 saturated carbocycles. The highest BCUT2D eigenvalue weighted by Crippen LogP contribution is 2.32. The van der Waals surface area contributed by atoms with E-state index >= 15 is 0 Å². The Kier molecular flexibility index (Phi) is 3.85. The minimum Gasteiger partial charge on any atom is -0.396 e. The highest BCUT2D eigenvalue weighted by Gasteiger charge is 2.25. The van der Waals surface area contributed by atoms with Crippen molar-refractivity contribution in [1.29, 1.82) is 0 Å². The zero-order chi connectivity index (χ0) is 12.4. The molecule has 0 aliphatic carbocycles. The molecule has 1 aliphatic rings. The molecule has 2 rings (SSSR count). The van der Waals surface area contributed by atoms with Crippen LogP contribution in [0.4, 0.5) is 0 Å². The summed E-state index contributed by atoms with van der Waals surface area (Å²) in [4.78, 5) is 0. The predicted molar refractivity (Wildman–Crippen MR) is 69.4 cm³/mol. The van der Waals surface area contributed by atoms with Crippen molar-refractivity contribution in [2.45, 2.75) is 33.1 Å². The van der Waals surface area contributed by atoms with E-state index in [0.29, 0.717) is 5.92 Å². The fraction of sp³-hybridized carbons (Fsp3) is 0.600. The third-order valence-corrected chi connectivity index (χ3v) is 3.69. The highest BCUT2D eigenvalue weighted by molar-refractivity contribution is 5.40. The van der Waals surface area contributed by atoms with E-state index in [1.807, 2.05) is 0 Å². The van der Waals surface area contributed by atoms with Gasteiger partial charge in [0.15, 0.2) is 0 Å². The molecule has 0 spiro atoms. The smallest absolute Gasteiger partial charge is 0.0516 e. The lowest BCUT2D eigenvalue weighted by Crippen LogP contribution is -2.30. The second-order valence-corrected chi connectivity index (χ2v) is 5.33. The molecule has 1 heterocycles. The monoisotopic (exact) mass is 234 g/mol. The standard InChI is InChI=1S/C15H22O2/c1-10-4-11(2)15(12(3)5-10)14(7-16)6-13-8-17-9-13/h4-5,13-14,16H,6-9H2,1-3H3. The van der Waals surface area contributed by atoms with Crippen LogP contribution in [0.5, 0.6) is 0 Å². The first kappa shape index (κ1) is 12.6. The van der Waals surface area contributed by atoms with Crippen molar-refractivity contribution in [2.24, 2.45) is 5.92 Å². The highest BCUT2D eigenvalue weighted by atomic mass is 16.5. The molecule has 0 bridgehead atoms. The van der Waals surface area contributed by atoms with Crippen LogP contribution in [0.1, 0.15) is 34.6 Å². The third-order valence-electron chi connectivity index (χ3n) is 3.69. The molecule has 1 aliphatic heterocycles. The number of ether oxygens (including phenoxy) is 1. The topological polar surface area (TPSA) is 29.5 Å². The molecule has 1 fully saturated rings. The summed E-state index contributed by atoms with van der Waals surface area (Å²) in [6.07, 6.45) is 1.04. The van der Waals surface area contributed by atoms with Crippen LogP contribution in [-0.4, -0.2) is 24.9 Å². The summed E-state index contributed by atoms with van der Waals surface area (Å²) in [6, 6.07) is 4.42. The van der Waals surface area contributed by atoms with Crippen molar-refractivity contribution in [3.8, 4) is 0 Å². The van der Waals surface area contributed by atoms with Crippen LogP contribution < -0.4 is 0 Å². The Morgan fingerprint density at radius 2 is 1.82 bits per heavy atom. The quantitative estimate of drug-likeness (QED) is 0.868. The fourth-order valence-corrected chi connectivity index (χ4v) is 2.94. The normalized spacial score (nSPS) is 17.9. The van der Waals surface area contributed by atoms with Crippen LogP contribution in [0.15, 0.2) is 12.1 Å². The molecule has 94 valence electrons. The van der Waals surface area contributed by atoms with Gasteiger partial charge in [0.1, 0.15) is 0 Å². The summed E-state index contributed by atoms with van der Waals surface area (Å²) >= 11 is 0. The fourth-order valence-electron chi connectivity index (χ4n) is 2.94. The van der Waals surface area contributed by atoms with Crippen LogP contribution >= 0.6 is 0 Å². The Bertz CT molecular complexity index is 371. The van der Waals surface area contributed by atoms with Gasteiger partial charge in [-0.15, -0.1) is 0 Å². The van der Waals surface area contributed by atoms with Gasteiger partial charge in [0.25, 0.3) is 0 Å². The van der Waals surface area contributed by atoms with Crippen molar-refractivity contribution >= 4 is 0 Å². The Balaban J connectivity index is 2.22. The van der Waals surface area contributed by atoms with Gasteiger partial charge in [-0.1, -0.05) is 17.7 Å². The SMILES string of the molecule is Cc1cc(C)c(C(CO)CC2COC2)c(C)c1. The molecule has 1 aromatic carbocycles. The maximum Gasteiger partial charge on any atom is 0.0516 e. The van der Waals surface area contributed by atoms with Crippen LogP contribution in [0.3, 0.4) is 0 Å². The molecule has 0 amide bonds. The van der Waals surface area contributed by atoms with E-state index in [4.69, 9.17) is 4.74 Å². The second-order valence-electron chi connectivity index (χ2n) is 5.33. The number of hydrogen-bond donors (Lipinski definition) is 1. The molecule has 17 heavy (non-hydrogen) atoms. The summed E-state index contributed by atoms with van der Waals surface area (Å²) < 4.78 is 5.21. The molecule has 0 aromatic heterocycles. The van der Waals surface area contributed by atoms with Gasteiger partial charge < -0.3 is 9.84 Å². The van der Waals surface area contributed by atoms with Gasteiger partial charge in [-0.05, 0) is 43.9 Å². The number of hydrogen-bond acceptors (Lipinski definition) is 2. The van der Waals surface area contributed by atoms with Gasteiger partial charge >= 0.3 is 0 Å². The van der Waals surface area contributed by atoms with E-state index in [2.05, 4.69) is 32.9 Å². The summed E-state index contributed by atoms with van der Waals surface area (Å²) in [5, 5.41) is 9.63. The molecule has 0 radical (unpaired) electrons. The van der Waals surface area contributed by atoms with Gasteiger partial charge in [-0.25, -0.2) is 0 Å². The van der Waals surface area contributed by atoms with E-state index in [0.717, 1.165) is 19.6 Å². The summed E-state index contributed by atoms with van der Waals surface area (Å²) in [6.45, 7) is 8.38. The Morgan fingerprint density at radius 3 is 2.24 bits per heavy atom. The van der Waals surface area contributed by atoms with Gasteiger partial charge in [0, 0.05) is 18.4 Å². The average molecular weight is 234 g/mol. The van der Waals surface area contributed by atoms with Gasteiger partial charge in [0.05, 0.1) is 13.2 Å². The van der Waals surface area contributed by atoms with Crippen molar-refractivity contribution in [1.82, 2.24) is 0 Å². The van der Waals surface area contributed by atoms with Crippen LogP contribution in [0, 0.1) is 26.7 Å². The number of aryl methyl sites for hydroxylation is 3. The molecule has 1 N–H and O–H groups in total. The third kappa shape index (κ3) is 2.70. The van der Waals surface area contributed by atoms with Crippen LogP contribution in [0.2, 0.25) is 0 Å². The molecule has 1 aromatic rings. The summed E-state index contributed by atoms with van der Waals surface area (Å²) in [7, 11) is 0. The predicted octanol–water partition coefficient (Wildman–Crippen LogP) is 2.72. The summed E-state index contributed by atoms with van der Waals surface area (Å²) in [5.74, 6) is 0.900. The lowest BCUT2D eigenvalue weighted by atomic mass is 9.83. The Hall–Kier alpha value is -0.860. The molecule has 1 unspecified atom stereocenters. The van der Waals surface area contributed by atoms with E-state index in [-0.39, 0.29) is 12.5 Å². The first-order valence-corrected chi connectivity index (χ1v) is 6.38. The zero-order valence-corrected chi connectivity index (χ0v) is 11.0. The number of aliphatic hydroxyl groups is 1. The van der Waals surface area contributed by atoms with E-state index < -0.39 is 0 Å². The maximum atomic E-state index is 9.63. The molecular formula is C15H22O2. The molecular weight excluding hydrogens is 212 g/mol. The maximum absolute atomic E-state index is 9.63. The van der Waals surface area contributed by atoms with Crippen molar-refractivity contribution in [3.05, 3.63) is 34.4 Å². The van der Waals surface area contributed by atoms with Gasteiger partial charge in [-0.2, -0.15) is 0 Å². The first-order chi connectivity index (χ1) is 8.11.